The second-order valence-electron chi connectivity index (χ2n) is 6.11. The van der Waals surface area contributed by atoms with Gasteiger partial charge in [0.1, 0.15) is 0 Å². The summed E-state index contributed by atoms with van der Waals surface area (Å²) >= 11 is 0. The summed E-state index contributed by atoms with van der Waals surface area (Å²) in [7, 11) is 2.11. The van der Waals surface area contributed by atoms with Crippen LogP contribution in [0.2, 0.25) is 0 Å². The number of nitrogens with zero attached hydrogens (tertiary/aromatic N) is 2. The summed E-state index contributed by atoms with van der Waals surface area (Å²) < 4.78 is 2.24. The van der Waals surface area contributed by atoms with Gasteiger partial charge in [0.05, 0.1) is 5.52 Å². The third-order valence-electron chi connectivity index (χ3n) is 4.72. The standard InChI is InChI=1S/C22H15N2.Ir/c1-24-21-9-5-3-7-17(21)18-12-10-16(14-22(18)24)20-13-11-15-6-2-4-8-19(15)23-20;/h2-9,11-14H,1H3;/q-1;. The number of hydrogen-bond donors (Lipinski definition) is 0. The van der Waals surface area contributed by atoms with E-state index in [4.69, 9.17) is 4.98 Å². The first-order valence-electron chi connectivity index (χ1n) is 8.06. The summed E-state index contributed by atoms with van der Waals surface area (Å²) in [6.07, 6.45) is 0. The van der Waals surface area contributed by atoms with Gasteiger partial charge < -0.3 is 4.57 Å². The van der Waals surface area contributed by atoms with Gasteiger partial charge in [-0.05, 0) is 34.1 Å². The van der Waals surface area contributed by atoms with Gasteiger partial charge >= 0.3 is 0 Å². The molecule has 0 atom stereocenters. The van der Waals surface area contributed by atoms with E-state index in [9.17, 15) is 0 Å². The fourth-order valence-corrected chi connectivity index (χ4v) is 3.46. The Morgan fingerprint density at radius 2 is 1.64 bits per heavy atom. The quantitative estimate of drug-likeness (QED) is 0.285. The molecule has 0 N–H and O–H groups in total. The predicted octanol–water partition coefficient (Wildman–Crippen LogP) is 5.34. The molecule has 0 amide bonds. The fourth-order valence-electron chi connectivity index (χ4n) is 3.46. The molecule has 1 radical (unpaired) electrons. The third-order valence-corrected chi connectivity index (χ3v) is 4.72. The summed E-state index contributed by atoms with van der Waals surface area (Å²) in [4.78, 5) is 4.80. The molecule has 0 saturated carbocycles. The zero-order valence-electron chi connectivity index (χ0n) is 13.7. The van der Waals surface area contributed by atoms with Crippen molar-refractivity contribution in [1.29, 1.82) is 0 Å². The van der Waals surface area contributed by atoms with E-state index in [2.05, 4.69) is 72.3 Å². The summed E-state index contributed by atoms with van der Waals surface area (Å²) in [5.74, 6) is 0. The Morgan fingerprint density at radius 1 is 0.840 bits per heavy atom. The van der Waals surface area contributed by atoms with E-state index in [1.807, 2.05) is 18.2 Å². The zero-order chi connectivity index (χ0) is 16.1. The van der Waals surface area contributed by atoms with Gasteiger partial charge in [-0.3, -0.25) is 4.98 Å². The van der Waals surface area contributed by atoms with Crippen molar-refractivity contribution in [1.82, 2.24) is 9.55 Å². The molecular formula is C22H15IrN2-. The number of aryl methyl sites for hydroxylation is 1. The molecule has 123 valence electrons. The van der Waals surface area contributed by atoms with Crippen LogP contribution in [-0.4, -0.2) is 9.55 Å². The molecule has 3 aromatic carbocycles. The van der Waals surface area contributed by atoms with E-state index in [0.717, 1.165) is 22.2 Å². The molecule has 0 aliphatic rings. The van der Waals surface area contributed by atoms with Crippen molar-refractivity contribution in [2.75, 3.05) is 0 Å². The first kappa shape index (κ1) is 16.0. The summed E-state index contributed by atoms with van der Waals surface area (Å²) in [5, 5.41) is 3.66. The molecule has 3 heteroatoms. The minimum absolute atomic E-state index is 0. The maximum Gasteiger partial charge on any atom is 0.0595 e. The van der Waals surface area contributed by atoms with Crippen molar-refractivity contribution in [3.63, 3.8) is 0 Å². The summed E-state index contributed by atoms with van der Waals surface area (Å²) in [5.41, 5.74) is 5.45. The van der Waals surface area contributed by atoms with Crippen LogP contribution in [-0.2, 0) is 27.2 Å². The van der Waals surface area contributed by atoms with Crippen molar-refractivity contribution in [3.05, 3.63) is 78.9 Å². The molecule has 0 aliphatic carbocycles. The van der Waals surface area contributed by atoms with Gasteiger partial charge in [-0.25, -0.2) is 0 Å². The molecule has 5 aromatic rings. The van der Waals surface area contributed by atoms with Crippen molar-refractivity contribution in [2.45, 2.75) is 0 Å². The molecule has 2 heterocycles. The molecule has 0 saturated heterocycles. The maximum atomic E-state index is 4.80. The molecule has 0 fully saturated rings. The van der Waals surface area contributed by atoms with Crippen LogP contribution in [0.3, 0.4) is 0 Å². The minimum atomic E-state index is 0. The molecule has 2 nitrogen and oxygen atoms in total. The Labute approximate surface area is 159 Å². The van der Waals surface area contributed by atoms with Crippen molar-refractivity contribution in [3.8, 4) is 11.3 Å². The van der Waals surface area contributed by atoms with Gasteiger partial charge in [0, 0.05) is 32.7 Å². The molecule has 2 aromatic heterocycles. The molecule has 0 aliphatic heterocycles. The Morgan fingerprint density at radius 3 is 2.56 bits per heavy atom. The number of rotatable bonds is 1. The molecule has 0 bridgehead atoms. The maximum absolute atomic E-state index is 4.80. The van der Waals surface area contributed by atoms with Crippen LogP contribution in [0.15, 0.2) is 72.8 Å². The van der Waals surface area contributed by atoms with Crippen LogP contribution in [0.5, 0.6) is 0 Å². The molecule has 5 rings (SSSR count). The topological polar surface area (TPSA) is 17.8 Å². The van der Waals surface area contributed by atoms with Gasteiger partial charge in [0.15, 0.2) is 0 Å². The number of benzene rings is 3. The average molecular weight is 500 g/mol. The van der Waals surface area contributed by atoms with E-state index >= 15 is 0 Å². The third kappa shape index (κ3) is 2.48. The van der Waals surface area contributed by atoms with E-state index in [0.29, 0.717) is 0 Å². The normalized spacial score (nSPS) is 11.1. The fraction of sp³-hybridized carbons (Fsp3) is 0.0455. The van der Waals surface area contributed by atoms with Crippen molar-refractivity contribution in [2.24, 2.45) is 7.05 Å². The van der Waals surface area contributed by atoms with Gasteiger partial charge in [0.25, 0.3) is 0 Å². The van der Waals surface area contributed by atoms with Crippen LogP contribution in [0.25, 0.3) is 44.0 Å². The Kier molecular flexibility index (Phi) is 3.91. The van der Waals surface area contributed by atoms with Gasteiger partial charge in [0.2, 0.25) is 0 Å². The number of para-hydroxylation sites is 2. The summed E-state index contributed by atoms with van der Waals surface area (Å²) in [6, 6.07) is 28.6. The second kappa shape index (κ2) is 6.11. The number of fused-ring (bicyclic) bond motifs is 4. The molecule has 25 heavy (non-hydrogen) atoms. The van der Waals surface area contributed by atoms with Gasteiger partial charge in [-0.2, -0.15) is 0 Å². The minimum Gasteiger partial charge on any atom is -0.361 e. The molecule has 0 unspecified atom stereocenters. The largest absolute Gasteiger partial charge is 0.361 e. The van der Waals surface area contributed by atoms with Crippen LogP contribution in [0.4, 0.5) is 0 Å². The molecule has 0 spiro atoms. The molecular weight excluding hydrogens is 484 g/mol. The van der Waals surface area contributed by atoms with Gasteiger partial charge in [-0.1, -0.05) is 53.9 Å². The van der Waals surface area contributed by atoms with Crippen LogP contribution >= 0.6 is 0 Å². The van der Waals surface area contributed by atoms with Crippen LogP contribution < -0.4 is 0 Å². The van der Waals surface area contributed by atoms with E-state index in [1.165, 1.54) is 21.8 Å². The smallest absolute Gasteiger partial charge is 0.0595 e. The first-order chi connectivity index (χ1) is 11.8. The predicted molar refractivity (Wildman–Crippen MR) is 100.0 cm³/mol. The van der Waals surface area contributed by atoms with Crippen molar-refractivity contribution < 1.29 is 20.1 Å². The Bertz CT molecular complexity index is 1220. The van der Waals surface area contributed by atoms with Crippen LogP contribution in [0, 0.1) is 6.07 Å². The van der Waals surface area contributed by atoms with E-state index < -0.39 is 0 Å². The van der Waals surface area contributed by atoms with E-state index in [-0.39, 0.29) is 20.1 Å². The number of pyridine rings is 1. The first-order valence-corrected chi connectivity index (χ1v) is 8.06. The number of hydrogen-bond acceptors (Lipinski definition) is 1. The monoisotopic (exact) mass is 500 g/mol. The van der Waals surface area contributed by atoms with Gasteiger partial charge in [-0.15, -0.1) is 23.8 Å². The van der Waals surface area contributed by atoms with Crippen molar-refractivity contribution >= 4 is 32.7 Å². The Balaban J connectivity index is 0.00000157. The van der Waals surface area contributed by atoms with Crippen LogP contribution in [0.1, 0.15) is 0 Å². The Hall–Kier alpha value is -2.48. The second-order valence-corrected chi connectivity index (χ2v) is 6.11. The SMILES string of the molecule is Cn1c2ccccc2c2c[c-]c(-c3ccc4ccccc4n3)cc21.[Ir]. The summed E-state index contributed by atoms with van der Waals surface area (Å²) in [6.45, 7) is 0. The average Bonchev–Trinajstić information content (AvgIpc) is 2.94. The zero-order valence-corrected chi connectivity index (χ0v) is 16.1. The number of aromatic nitrogens is 2. The van der Waals surface area contributed by atoms with E-state index in [1.54, 1.807) is 0 Å².